The molecule has 64 valence electrons. The Kier molecular flexibility index (Phi) is 2.66. The predicted molar refractivity (Wildman–Crippen MR) is 49.3 cm³/mol. The molecule has 0 N–H and O–H groups in total. The molecule has 0 aromatic rings. The molecule has 0 radical (unpaired) electrons. The average Bonchev–Trinajstić information content (AvgIpc) is 2.05. The third-order valence-corrected chi connectivity index (χ3v) is 2.58. The van der Waals surface area contributed by atoms with E-state index in [1.54, 1.807) is 0 Å². The fourth-order valence-corrected chi connectivity index (χ4v) is 1.50. The van der Waals surface area contributed by atoms with E-state index in [0.29, 0.717) is 18.1 Å². The van der Waals surface area contributed by atoms with Crippen LogP contribution in [0.2, 0.25) is 0 Å². The zero-order valence-electron chi connectivity index (χ0n) is 7.91. The Morgan fingerprint density at radius 2 is 2.00 bits per heavy atom. The SMILES string of the molecule is CC1CC(C)N(C)C(C)C=N1. The van der Waals surface area contributed by atoms with E-state index < -0.39 is 0 Å². The second-order valence-electron chi connectivity index (χ2n) is 3.64. The molecule has 2 heteroatoms. The van der Waals surface area contributed by atoms with E-state index in [2.05, 4.69) is 43.9 Å². The van der Waals surface area contributed by atoms with Crippen molar-refractivity contribution in [3.8, 4) is 0 Å². The molecular formula is C9H18N2. The van der Waals surface area contributed by atoms with Crippen molar-refractivity contribution >= 4 is 6.21 Å². The molecule has 0 aromatic heterocycles. The maximum absolute atomic E-state index is 4.44. The third kappa shape index (κ3) is 2.03. The molecule has 2 nitrogen and oxygen atoms in total. The van der Waals surface area contributed by atoms with E-state index in [0.717, 1.165) is 0 Å². The molecule has 1 aliphatic rings. The minimum atomic E-state index is 0.495. The molecule has 0 saturated heterocycles. The Bertz CT molecular complexity index is 154. The highest BCUT2D eigenvalue weighted by Gasteiger charge is 2.19. The molecule has 1 aliphatic heterocycles. The van der Waals surface area contributed by atoms with Crippen LogP contribution >= 0.6 is 0 Å². The van der Waals surface area contributed by atoms with Gasteiger partial charge in [-0.2, -0.15) is 0 Å². The van der Waals surface area contributed by atoms with Crippen molar-refractivity contribution in [3.63, 3.8) is 0 Å². The first-order valence-electron chi connectivity index (χ1n) is 4.36. The summed E-state index contributed by atoms with van der Waals surface area (Å²) in [6.07, 6.45) is 3.24. The molecule has 1 rings (SSSR count). The first-order valence-corrected chi connectivity index (χ1v) is 4.36. The Hall–Kier alpha value is -0.370. The van der Waals surface area contributed by atoms with Crippen molar-refractivity contribution in [3.05, 3.63) is 0 Å². The zero-order chi connectivity index (χ0) is 8.43. The van der Waals surface area contributed by atoms with E-state index in [1.807, 2.05) is 0 Å². The molecule has 0 spiro atoms. The lowest BCUT2D eigenvalue weighted by molar-refractivity contribution is 0.231. The van der Waals surface area contributed by atoms with Crippen LogP contribution in [0.15, 0.2) is 4.99 Å². The zero-order valence-corrected chi connectivity index (χ0v) is 7.91. The molecule has 0 saturated carbocycles. The number of hydrogen-bond donors (Lipinski definition) is 0. The molecule has 0 fully saturated rings. The molecule has 0 aromatic carbocycles. The number of hydrogen-bond acceptors (Lipinski definition) is 2. The van der Waals surface area contributed by atoms with Gasteiger partial charge in [0.1, 0.15) is 0 Å². The predicted octanol–water partition coefficient (Wildman–Crippen LogP) is 1.56. The summed E-state index contributed by atoms with van der Waals surface area (Å²) in [6, 6.07) is 1.65. The molecule has 0 amide bonds. The summed E-state index contributed by atoms with van der Waals surface area (Å²) in [4.78, 5) is 6.81. The number of aliphatic imine (C=N–C) groups is 1. The van der Waals surface area contributed by atoms with Crippen LogP contribution < -0.4 is 0 Å². The molecular weight excluding hydrogens is 136 g/mol. The van der Waals surface area contributed by atoms with Crippen LogP contribution in [-0.2, 0) is 0 Å². The highest BCUT2D eigenvalue weighted by molar-refractivity contribution is 5.64. The maximum Gasteiger partial charge on any atom is 0.0483 e. The van der Waals surface area contributed by atoms with Crippen molar-refractivity contribution in [2.75, 3.05) is 7.05 Å². The standard InChI is InChI=1S/C9H18N2/c1-7-5-8(2)11(4)9(3)6-10-7/h6-9H,5H2,1-4H3. The summed E-state index contributed by atoms with van der Waals surface area (Å²) < 4.78 is 0. The summed E-state index contributed by atoms with van der Waals surface area (Å²) in [6.45, 7) is 6.64. The molecule has 11 heavy (non-hydrogen) atoms. The Morgan fingerprint density at radius 1 is 1.36 bits per heavy atom. The monoisotopic (exact) mass is 154 g/mol. The molecule has 0 aliphatic carbocycles. The van der Waals surface area contributed by atoms with Gasteiger partial charge >= 0.3 is 0 Å². The van der Waals surface area contributed by atoms with Crippen LogP contribution in [-0.4, -0.2) is 36.3 Å². The Balaban J connectivity index is 2.65. The highest BCUT2D eigenvalue weighted by atomic mass is 15.2. The Morgan fingerprint density at radius 3 is 2.64 bits per heavy atom. The lowest BCUT2D eigenvalue weighted by atomic mass is 10.1. The van der Waals surface area contributed by atoms with Crippen LogP contribution in [0.3, 0.4) is 0 Å². The lowest BCUT2D eigenvalue weighted by Crippen LogP contribution is -2.36. The molecule has 3 atom stereocenters. The van der Waals surface area contributed by atoms with Crippen molar-refractivity contribution in [2.24, 2.45) is 4.99 Å². The molecule has 1 heterocycles. The van der Waals surface area contributed by atoms with Crippen molar-refractivity contribution < 1.29 is 0 Å². The van der Waals surface area contributed by atoms with Gasteiger partial charge in [-0.25, -0.2) is 0 Å². The van der Waals surface area contributed by atoms with Gasteiger partial charge in [-0.3, -0.25) is 9.89 Å². The smallest absolute Gasteiger partial charge is 0.0483 e. The highest BCUT2D eigenvalue weighted by Crippen LogP contribution is 2.13. The molecule has 3 unspecified atom stereocenters. The first-order chi connectivity index (χ1) is 5.11. The second-order valence-corrected chi connectivity index (χ2v) is 3.64. The van der Waals surface area contributed by atoms with Crippen LogP contribution in [0.5, 0.6) is 0 Å². The van der Waals surface area contributed by atoms with Crippen LogP contribution in [0.25, 0.3) is 0 Å². The quantitative estimate of drug-likeness (QED) is 0.517. The fraction of sp³-hybridized carbons (Fsp3) is 0.889. The normalized spacial score (nSPS) is 40.5. The van der Waals surface area contributed by atoms with Gasteiger partial charge in [0.25, 0.3) is 0 Å². The van der Waals surface area contributed by atoms with Gasteiger partial charge in [-0.15, -0.1) is 0 Å². The van der Waals surface area contributed by atoms with Gasteiger partial charge in [0.05, 0.1) is 0 Å². The summed E-state index contributed by atoms with van der Waals surface area (Å²) in [7, 11) is 2.17. The van der Waals surface area contributed by atoms with Gasteiger partial charge < -0.3 is 0 Å². The summed E-state index contributed by atoms with van der Waals surface area (Å²) in [5, 5.41) is 0. The minimum Gasteiger partial charge on any atom is -0.296 e. The molecule has 0 bridgehead atoms. The van der Waals surface area contributed by atoms with Gasteiger partial charge in [0.2, 0.25) is 0 Å². The summed E-state index contributed by atoms with van der Waals surface area (Å²) >= 11 is 0. The topological polar surface area (TPSA) is 15.6 Å². The van der Waals surface area contributed by atoms with Gasteiger partial charge in [-0.05, 0) is 34.2 Å². The first kappa shape index (κ1) is 8.72. The summed E-state index contributed by atoms with van der Waals surface area (Å²) in [5.74, 6) is 0. The minimum absolute atomic E-state index is 0.495. The fourth-order valence-electron chi connectivity index (χ4n) is 1.50. The summed E-state index contributed by atoms with van der Waals surface area (Å²) in [5.41, 5.74) is 0. The van der Waals surface area contributed by atoms with E-state index in [1.165, 1.54) is 6.42 Å². The van der Waals surface area contributed by atoms with Gasteiger partial charge in [-0.1, -0.05) is 0 Å². The van der Waals surface area contributed by atoms with E-state index in [4.69, 9.17) is 0 Å². The van der Waals surface area contributed by atoms with Crippen LogP contribution in [0, 0.1) is 0 Å². The van der Waals surface area contributed by atoms with E-state index in [-0.39, 0.29) is 0 Å². The average molecular weight is 154 g/mol. The van der Waals surface area contributed by atoms with Crippen molar-refractivity contribution in [1.82, 2.24) is 4.90 Å². The van der Waals surface area contributed by atoms with Crippen molar-refractivity contribution in [1.29, 1.82) is 0 Å². The van der Waals surface area contributed by atoms with Gasteiger partial charge in [0, 0.05) is 24.3 Å². The largest absolute Gasteiger partial charge is 0.296 e. The van der Waals surface area contributed by atoms with E-state index in [9.17, 15) is 0 Å². The second kappa shape index (κ2) is 3.35. The van der Waals surface area contributed by atoms with Crippen molar-refractivity contribution in [2.45, 2.75) is 45.3 Å². The van der Waals surface area contributed by atoms with Crippen LogP contribution in [0.4, 0.5) is 0 Å². The Labute approximate surface area is 69.3 Å². The maximum atomic E-state index is 4.44. The van der Waals surface area contributed by atoms with E-state index >= 15 is 0 Å². The number of nitrogens with zero attached hydrogens (tertiary/aromatic N) is 2. The third-order valence-electron chi connectivity index (χ3n) is 2.58. The van der Waals surface area contributed by atoms with Crippen LogP contribution in [0.1, 0.15) is 27.2 Å². The lowest BCUT2D eigenvalue weighted by Gasteiger charge is -2.26. The van der Waals surface area contributed by atoms with Gasteiger partial charge in [0.15, 0.2) is 0 Å². The number of rotatable bonds is 0.